The fourth-order valence-electron chi connectivity index (χ4n) is 2.64. The van der Waals surface area contributed by atoms with E-state index in [9.17, 15) is 14.4 Å². The lowest BCUT2D eigenvalue weighted by molar-refractivity contribution is -0.155. The first-order valence-corrected chi connectivity index (χ1v) is 9.04. The molecule has 1 heterocycles. The maximum absolute atomic E-state index is 12.3. The number of halogens is 1. The second-order valence-electron chi connectivity index (χ2n) is 6.38. The van der Waals surface area contributed by atoms with Gasteiger partial charge in [0.25, 0.3) is 11.8 Å². The SMILES string of the molecule is Cc1ccc(Cl)cc1NC(=O)[C@@H](C)OC(=O)C[C@@H]1Oc2ccccc2NC1=O. The molecule has 2 aromatic rings. The molecule has 1 aliphatic rings. The smallest absolute Gasteiger partial charge is 0.310 e. The van der Waals surface area contributed by atoms with Gasteiger partial charge in [0.2, 0.25) is 0 Å². The van der Waals surface area contributed by atoms with Gasteiger partial charge in [0.1, 0.15) is 5.75 Å². The van der Waals surface area contributed by atoms with Crippen LogP contribution >= 0.6 is 11.6 Å². The Morgan fingerprint density at radius 2 is 2.04 bits per heavy atom. The summed E-state index contributed by atoms with van der Waals surface area (Å²) in [6.45, 7) is 3.27. The van der Waals surface area contributed by atoms with Crippen molar-refractivity contribution in [2.75, 3.05) is 10.6 Å². The molecule has 8 heteroatoms. The van der Waals surface area contributed by atoms with Crippen LogP contribution in [0.15, 0.2) is 42.5 Å². The Bertz CT molecular complexity index is 931. The van der Waals surface area contributed by atoms with Crippen molar-refractivity contribution in [1.29, 1.82) is 0 Å². The molecular weight excluding hydrogens is 384 g/mol. The zero-order valence-corrected chi connectivity index (χ0v) is 16.1. The highest BCUT2D eigenvalue weighted by Crippen LogP contribution is 2.29. The van der Waals surface area contributed by atoms with Crippen molar-refractivity contribution in [2.45, 2.75) is 32.5 Å². The zero-order chi connectivity index (χ0) is 20.3. The molecule has 0 fully saturated rings. The van der Waals surface area contributed by atoms with Gasteiger partial charge in [0, 0.05) is 10.7 Å². The van der Waals surface area contributed by atoms with Gasteiger partial charge in [-0.2, -0.15) is 0 Å². The molecule has 0 aliphatic carbocycles. The van der Waals surface area contributed by atoms with Crippen molar-refractivity contribution < 1.29 is 23.9 Å². The largest absolute Gasteiger partial charge is 0.478 e. The van der Waals surface area contributed by atoms with Gasteiger partial charge in [-0.15, -0.1) is 0 Å². The van der Waals surface area contributed by atoms with Crippen molar-refractivity contribution in [3.05, 3.63) is 53.1 Å². The molecule has 2 aromatic carbocycles. The number of carbonyl (C=O) groups is 3. The van der Waals surface area contributed by atoms with E-state index < -0.39 is 30.0 Å². The van der Waals surface area contributed by atoms with Crippen molar-refractivity contribution in [3.8, 4) is 5.75 Å². The van der Waals surface area contributed by atoms with E-state index in [1.165, 1.54) is 6.92 Å². The van der Waals surface area contributed by atoms with Crippen molar-refractivity contribution in [1.82, 2.24) is 0 Å². The topological polar surface area (TPSA) is 93.7 Å². The summed E-state index contributed by atoms with van der Waals surface area (Å²) in [5, 5.41) is 5.82. The molecule has 0 radical (unpaired) electrons. The van der Waals surface area contributed by atoms with E-state index in [1.807, 2.05) is 6.92 Å². The molecule has 0 spiro atoms. The van der Waals surface area contributed by atoms with E-state index in [0.717, 1.165) is 5.56 Å². The van der Waals surface area contributed by atoms with Crippen LogP contribution in [0.3, 0.4) is 0 Å². The number of ether oxygens (including phenoxy) is 2. The molecule has 0 saturated carbocycles. The van der Waals surface area contributed by atoms with E-state index in [-0.39, 0.29) is 6.42 Å². The van der Waals surface area contributed by atoms with Gasteiger partial charge in [-0.25, -0.2) is 0 Å². The maximum Gasteiger partial charge on any atom is 0.310 e. The van der Waals surface area contributed by atoms with Crippen LogP contribution in [0.2, 0.25) is 5.02 Å². The highest BCUT2D eigenvalue weighted by atomic mass is 35.5. The highest BCUT2D eigenvalue weighted by molar-refractivity contribution is 6.31. The fraction of sp³-hybridized carbons (Fsp3) is 0.250. The number of anilines is 2. The number of benzene rings is 2. The van der Waals surface area contributed by atoms with Crippen LogP contribution in [-0.4, -0.2) is 30.0 Å². The van der Waals surface area contributed by atoms with Crippen LogP contribution in [0, 0.1) is 6.92 Å². The number of hydrogen-bond acceptors (Lipinski definition) is 5. The molecule has 28 heavy (non-hydrogen) atoms. The van der Waals surface area contributed by atoms with Crippen LogP contribution in [0.4, 0.5) is 11.4 Å². The van der Waals surface area contributed by atoms with Gasteiger partial charge in [0.05, 0.1) is 12.1 Å². The Labute approximate surface area is 167 Å². The number of carbonyl (C=O) groups excluding carboxylic acids is 3. The summed E-state index contributed by atoms with van der Waals surface area (Å²) in [4.78, 5) is 36.6. The lowest BCUT2D eigenvalue weighted by Crippen LogP contribution is -2.40. The molecule has 1 aliphatic heterocycles. The van der Waals surface area contributed by atoms with Crippen LogP contribution in [0.5, 0.6) is 5.75 Å². The van der Waals surface area contributed by atoms with Crippen molar-refractivity contribution >= 4 is 40.8 Å². The number of nitrogens with one attached hydrogen (secondary N) is 2. The number of hydrogen-bond donors (Lipinski definition) is 2. The second kappa shape index (κ2) is 8.31. The number of fused-ring (bicyclic) bond motifs is 1. The molecular formula is C20H19ClN2O5. The Kier molecular flexibility index (Phi) is 5.84. The molecule has 7 nitrogen and oxygen atoms in total. The van der Waals surface area contributed by atoms with E-state index >= 15 is 0 Å². The number of aryl methyl sites for hydroxylation is 1. The first-order valence-electron chi connectivity index (χ1n) is 8.66. The predicted molar refractivity (Wildman–Crippen MR) is 104 cm³/mol. The molecule has 0 saturated heterocycles. The third kappa shape index (κ3) is 4.61. The van der Waals surface area contributed by atoms with Gasteiger partial charge in [-0.05, 0) is 43.7 Å². The fourth-order valence-corrected chi connectivity index (χ4v) is 2.81. The number of esters is 1. The minimum Gasteiger partial charge on any atom is -0.478 e. The third-order valence-corrected chi connectivity index (χ3v) is 4.43. The van der Waals surface area contributed by atoms with Gasteiger partial charge < -0.3 is 20.1 Å². The second-order valence-corrected chi connectivity index (χ2v) is 6.81. The Hall–Kier alpha value is -3.06. The van der Waals surface area contributed by atoms with E-state index in [4.69, 9.17) is 21.1 Å². The quantitative estimate of drug-likeness (QED) is 0.748. The summed E-state index contributed by atoms with van der Waals surface area (Å²) in [5.41, 5.74) is 1.90. The first kappa shape index (κ1) is 19.7. The molecule has 146 valence electrons. The number of para-hydroxylation sites is 2. The summed E-state index contributed by atoms with van der Waals surface area (Å²) in [5.74, 6) is -1.19. The van der Waals surface area contributed by atoms with Crippen LogP contribution in [0.25, 0.3) is 0 Å². The Balaban J connectivity index is 1.56. The van der Waals surface area contributed by atoms with Crippen LogP contribution in [0.1, 0.15) is 18.9 Å². The molecule has 0 unspecified atom stereocenters. The molecule has 2 atom stereocenters. The van der Waals surface area contributed by atoms with Gasteiger partial charge in [-0.3, -0.25) is 14.4 Å². The molecule has 2 amide bonds. The lowest BCUT2D eigenvalue weighted by atomic mass is 10.1. The van der Waals surface area contributed by atoms with E-state index in [1.54, 1.807) is 42.5 Å². The Morgan fingerprint density at radius 1 is 1.29 bits per heavy atom. The average molecular weight is 403 g/mol. The highest BCUT2D eigenvalue weighted by Gasteiger charge is 2.31. The van der Waals surface area contributed by atoms with Crippen LogP contribution in [-0.2, 0) is 19.1 Å². The monoisotopic (exact) mass is 402 g/mol. The zero-order valence-electron chi connectivity index (χ0n) is 15.3. The molecule has 0 aromatic heterocycles. The minimum absolute atomic E-state index is 0.312. The average Bonchev–Trinajstić information content (AvgIpc) is 2.65. The minimum atomic E-state index is -1.05. The first-order chi connectivity index (χ1) is 13.3. The normalized spacial score (nSPS) is 16.2. The molecule has 3 rings (SSSR count). The Morgan fingerprint density at radius 3 is 2.82 bits per heavy atom. The summed E-state index contributed by atoms with van der Waals surface area (Å²) in [6, 6.07) is 12.0. The van der Waals surface area contributed by atoms with Crippen molar-refractivity contribution in [2.24, 2.45) is 0 Å². The van der Waals surface area contributed by atoms with Gasteiger partial charge >= 0.3 is 5.97 Å². The standard InChI is InChI=1S/C20H19ClN2O5/c1-11-7-8-13(21)9-15(11)23-19(25)12(2)27-18(24)10-17-20(26)22-14-5-3-4-6-16(14)28-17/h3-9,12,17H,10H2,1-2H3,(H,22,26)(H,23,25)/t12-,17+/m1/s1. The van der Waals surface area contributed by atoms with Crippen molar-refractivity contribution in [3.63, 3.8) is 0 Å². The summed E-state index contributed by atoms with van der Waals surface area (Å²) in [6.07, 6.45) is -2.38. The van der Waals surface area contributed by atoms with Gasteiger partial charge in [-0.1, -0.05) is 29.8 Å². The van der Waals surface area contributed by atoms with E-state index in [0.29, 0.717) is 22.1 Å². The molecule has 0 bridgehead atoms. The lowest BCUT2D eigenvalue weighted by Gasteiger charge is -2.25. The summed E-state index contributed by atoms with van der Waals surface area (Å²) >= 11 is 5.93. The van der Waals surface area contributed by atoms with Gasteiger partial charge in [0.15, 0.2) is 12.2 Å². The summed E-state index contributed by atoms with van der Waals surface area (Å²) in [7, 11) is 0. The predicted octanol–water partition coefficient (Wildman–Crippen LogP) is 3.31. The number of amides is 2. The van der Waals surface area contributed by atoms with Crippen LogP contribution < -0.4 is 15.4 Å². The van der Waals surface area contributed by atoms with E-state index in [2.05, 4.69) is 10.6 Å². The third-order valence-electron chi connectivity index (χ3n) is 4.19. The number of rotatable bonds is 5. The molecule has 2 N–H and O–H groups in total. The maximum atomic E-state index is 12.3. The summed E-state index contributed by atoms with van der Waals surface area (Å²) < 4.78 is 10.7.